The Morgan fingerprint density at radius 3 is 2.74 bits per heavy atom. The Labute approximate surface area is 184 Å². The van der Waals surface area contributed by atoms with E-state index in [1.165, 1.54) is 19.3 Å². The molecule has 1 saturated carbocycles. The molecule has 164 valence electrons. The van der Waals surface area contributed by atoms with Crippen molar-refractivity contribution in [3.05, 3.63) is 48.3 Å². The maximum absolute atomic E-state index is 11.0. The molecule has 1 aliphatic carbocycles. The van der Waals surface area contributed by atoms with E-state index in [2.05, 4.69) is 50.9 Å². The third-order valence-electron chi connectivity index (χ3n) is 6.67. The SMILES string of the molecule is OC(NC1CCCCC1)C1=CCNc2ccc(-c3cncc(N4CCOCC4)c3)cc21. The van der Waals surface area contributed by atoms with Crippen molar-refractivity contribution in [2.45, 2.75) is 44.4 Å². The molecule has 1 saturated heterocycles. The summed E-state index contributed by atoms with van der Waals surface area (Å²) in [5.41, 5.74) is 6.44. The number of nitrogens with one attached hydrogen (secondary N) is 2. The van der Waals surface area contributed by atoms with Crippen LogP contribution < -0.4 is 15.5 Å². The number of anilines is 2. The number of pyridine rings is 1. The van der Waals surface area contributed by atoms with E-state index in [1.807, 2.05) is 12.4 Å². The van der Waals surface area contributed by atoms with Crippen molar-refractivity contribution >= 4 is 16.9 Å². The van der Waals surface area contributed by atoms with Gasteiger partial charge in [0.1, 0.15) is 6.23 Å². The van der Waals surface area contributed by atoms with Crippen molar-refractivity contribution in [3.8, 4) is 11.1 Å². The van der Waals surface area contributed by atoms with Gasteiger partial charge in [0.25, 0.3) is 0 Å². The van der Waals surface area contributed by atoms with Crippen LogP contribution in [0, 0.1) is 0 Å². The largest absolute Gasteiger partial charge is 0.381 e. The van der Waals surface area contributed by atoms with Gasteiger partial charge in [0.15, 0.2) is 0 Å². The monoisotopic (exact) mass is 420 g/mol. The van der Waals surface area contributed by atoms with Crippen molar-refractivity contribution < 1.29 is 9.84 Å². The average Bonchev–Trinajstić information content (AvgIpc) is 2.84. The lowest BCUT2D eigenvalue weighted by molar-refractivity contribution is 0.122. The van der Waals surface area contributed by atoms with E-state index in [0.29, 0.717) is 6.04 Å². The summed E-state index contributed by atoms with van der Waals surface area (Å²) in [6.07, 6.45) is 11.4. The number of morpholine rings is 1. The molecule has 31 heavy (non-hydrogen) atoms. The highest BCUT2D eigenvalue weighted by molar-refractivity contribution is 5.85. The summed E-state index contributed by atoms with van der Waals surface area (Å²) >= 11 is 0. The molecule has 0 spiro atoms. The molecule has 3 heterocycles. The lowest BCUT2D eigenvalue weighted by atomic mass is 9.92. The van der Waals surface area contributed by atoms with Crippen LogP contribution in [0.3, 0.4) is 0 Å². The maximum Gasteiger partial charge on any atom is 0.131 e. The smallest absolute Gasteiger partial charge is 0.131 e. The van der Waals surface area contributed by atoms with Crippen molar-refractivity contribution in [1.82, 2.24) is 10.3 Å². The van der Waals surface area contributed by atoms with Crippen LogP contribution >= 0.6 is 0 Å². The minimum Gasteiger partial charge on any atom is -0.381 e. The third kappa shape index (κ3) is 4.61. The number of aromatic nitrogens is 1. The normalized spacial score (nSPS) is 20.5. The predicted octanol–water partition coefficient (Wildman–Crippen LogP) is 3.63. The van der Waals surface area contributed by atoms with Gasteiger partial charge in [-0.1, -0.05) is 31.4 Å². The molecule has 0 bridgehead atoms. The number of fused-ring (bicyclic) bond motifs is 1. The van der Waals surface area contributed by atoms with Crippen molar-refractivity contribution in [2.75, 3.05) is 43.1 Å². The fourth-order valence-corrected chi connectivity index (χ4v) is 4.92. The molecular weight excluding hydrogens is 388 g/mol. The van der Waals surface area contributed by atoms with Crippen LogP contribution in [0.1, 0.15) is 37.7 Å². The Hall–Kier alpha value is -2.41. The Kier molecular flexibility index (Phi) is 6.20. The van der Waals surface area contributed by atoms with Crippen LogP contribution in [-0.4, -0.2) is 55.2 Å². The molecule has 1 atom stereocenters. The lowest BCUT2D eigenvalue weighted by Gasteiger charge is -2.30. The van der Waals surface area contributed by atoms with E-state index in [0.717, 1.165) is 79.3 Å². The molecule has 1 aromatic carbocycles. The van der Waals surface area contributed by atoms with E-state index in [9.17, 15) is 5.11 Å². The predicted molar refractivity (Wildman–Crippen MR) is 125 cm³/mol. The maximum atomic E-state index is 11.0. The van der Waals surface area contributed by atoms with E-state index in [-0.39, 0.29) is 0 Å². The zero-order valence-corrected chi connectivity index (χ0v) is 18.0. The zero-order valence-electron chi connectivity index (χ0n) is 18.0. The van der Waals surface area contributed by atoms with Crippen molar-refractivity contribution in [1.29, 1.82) is 0 Å². The highest BCUT2D eigenvalue weighted by Crippen LogP contribution is 2.34. The summed E-state index contributed by atoms with van der Waals surface area (Å²) in [7, 11) is 0. The number of hydrogen-bond acceptors (Lipinski definition) is 6. The highest BCUT2D eigenvalue weighted by atomic mass is 16.5. The second kappa shape index (κ2) is 9.39. The van der Waals surface area contributed by atoms with Crippen molar-refractivity contribution in [3.63, 3.8) is 0 Å². The fourth-order valence-electron chi connectivity index (χ4n) is 4.92. The number of nitrogens with zero attached hydrogens (tertiary/aromatic N) is 2. The van der Waals surface area contributed by atoms with Crippen LogP contribution in [0.2, 0.25) is 0 Å². The lowest BCUT2D eigenvalue weighted by Crippen LogP contribution is -2.40. The molecule has 6 nitrogen and oxygen atoms in total. The minimum absolute atomic E-state index is 0.403. The first-order chi connectivity index (χ1) is 15.3. The number of aliphatic hydroxyl groups excluding tert-OH is 1. The van der Waals surface area contributed by atoms with Crippen LogP contribution in [0.15, 0.2) is 42.7 Å². The zero-order chi connectivity index (χ0) is 21.0. The van der Waals surface area contributed by atoms with Gasteiger partial charge in [-0.25, -0.2) is 0 Å². The third-order valence-corrected chi connectivity index (χ3v) is 6.67. The number of aliphatic hydroxyl groups is 1. The molecule has 5 rings (SSSR count). The number of benzene rings is 1. The van der Waals surface area contributed by atoms with Gasteiger partial charge < -0.3 is 20.1 Å². The van der Waals surface area contributed by atoms with Crippen LogP contribution in [0.5, 0.6) is 0 Å². The molecule has 2 aromatic rings. The van der Waals surface area contributed by atoms with Gasteiger partial charge in [-0.3, -0.25) is 10.3 Å². The van der Waals surface area contributed by atoms with Gasteiger partial charge in [0, 0.05) is 54.3 Å². The Morgan fingerprint density at radius 1 is 1.06 bits per heavy atom. The van der Waals surface area contributed by atoms with Gasteiger partial charge >= 0.3 is 0 Å². The Morgan fingerprint density at radius 2 is 1.90 bits per heavy atom. The molecule has 1 aromatic heterocycles. The van der Waals surface area contributed by atoms with E-state index < -0.39 is 6.23 Å². The fraction of sp³-hybridized carbons (Fsp3) is 0.480. The van der Waals surface area contributed by atoms with Gasteiger partial charge in [-0.2, -0.15) is 0 Å². The van der Waals surface area contributed by atoms with Gasteiger partial charge in [0.2, 0.25) is 0 Å². The van der Waals surface area contributed by atoms with E-state index in [4.69, 9.17) is 4.74 Å². The van der Waals surface area contributed by atoms with Gasteiger partial charge in [0.05, 0.1) is 25.1 Å². The second-order valence-electron chi connectivity index (χ2n) is 8.74. The second-order valence-corrected chi connectivity index (χ2v) is 8.74. The van der Waals surface area contributed by atoms with Crippen LogP contribution in [-0.2, 0) is 4.74 Å². The quantitative estimate of drug-likeness (QED) is 0.642. The first-order valence-electron chi connectivity index (χ1n) is 11.6. The molecule has 3 N–H and O–H groups in total. The first-order valence-corrected chi connectivity index (χ1v) is 11.6. The highest BCUT2D eigenvalue weighted by Gasteiger charge is 2.23. The molecule has 1 unspecified atom stereocenters. The molecule has 6 heteroatoms. The topological polar surface area (TPSA) is 69.7 Å². The van der Waals surface area contributed by atoms with Crippen LogP contribution in [0.4, 0.5) is 11.4 Å². The average molecular weight is 421 g/mol. The summed E-state index contributed by atoms with van der Waals surface area (Å²) < 4.78 is 5.48. The molecule has 3 aliphatic rings. The standard InChI is InChI=1S/C25H32N4O2/c30-25(28-20-4-2-1-3-5-20)22-8-9-27-24-7-6-18(15-23(22)24)19-14-21(17-26-16-19)29-10-12-31-13-11-29/h6-8,14-17,20,25,27-28,30H,1-5,9-13H2. The summed E-state index contributed by atoms with van der Waals surface area (Å²) in [5, 5.41) is 17.9. The minimum atomic E-state index is -0.642. The van der Waals surface area contributed by atoms with Gasteiger partial charge in [-0.15, -0.1) is 0 Å². The summed E-state index contributed by atoms with van der Waals surface area (Å²) in [4.78, 5) is 6.83. The number of hydrogen-bond donors (Lipinski definition) is 3. The summed E-state index contributed by atoms with van der Waals surface area (Å²) in [5.74, 6) is 0. The Balaban J connectivity index is 1.39. The van der Waals surface area contributed by atoms with E-state index in [1.54, 1.807) is 0 Å². The van der Waals surface area contributed by atoms with Gasteiger partial charge in [-0.05, 0) is 36.6 Å². The number of rotatable bonds is 5. The molecule has 0 amide bonds. The summed E-state index contributed by atoms with van der Waals surface area (Å²) in [6, 6.07) is 9.04. The Bertz CT molecular complexity index is 933. The van der Waals surface area contributed by atoms with Crippen LogP contribution in [0.25, 0.3) is 16.7 Å². The molecule has 2 aliphatic heterocycles. The molecular formula is C25H32N4O2. The molecule has 0 radical (unpaired) electrons. The van der Waals surface area contributed by atoms with E-state index >= 15 is 0 Å². The van der Waals surface area contributed by atoms with Crippen molar-refractivity contribution in [2.24, 2.45) is 0 Å². The molecule has 2 fully saturated rings. The number of ether oxygens (including phenoxy) is 1. The summed E-state index contributed by atoms with van der Waals surface area (Å²) in [6.45, 7) is 4.04. The first kappa shape index (κ1) is 20.5.